The van der Waals surface area contributed by atoms with Crippen molar-refractivity contribution < 1.29 is 14.0 Å². The normalized spacial score (nSPS) is 9.86. The molecule has 4 heteroatoms. The molecular formula is C10H9FO2S. The van der Waals surface area contributed by atoms with Gasteiger partial charge in [0.1, 0.15) is 11.6 Å². The van der Waals surface area contributed by atoms with Gasteiger partial charge in [-0.2, -0.15) is 0 Å². The van der Waals surface area contributed by atoms with E-state index in [1.54, 1.807) is 0 Å². The molecule has 2 nitrogen and oxygen atoms in total. The average molecular weight is 212 g/mol. The van der Waals surface area contributed by atoms with E-state index in [0.29, 0.717) is 5.56 Å². The van der Waals surface area contributed by atoms with Crippen molar-refractivity contribution in [3.8, 4) is 0 Å². The van der Waals surface area contributed by atoms with E-state index < -0.39 is 0 Å². The number of hydrogen-bond acceptors (Lipinski definition) is 3. The van der Waals surface area contributed by atoms with Crippen molar-refractivity contribution in [1.82, 2.24) is 0 Å². The summed E-state index contributed by atoms with van der Waals surface area (Å²) in [7, 11) is 0. The lowest BCUT2D eigenvalue weighted by molar-refractivity contribution is -0.114. The molecule has 0 heterocycles. The average Bonchev–Trinajstić information content (AvgIpc) is 2.15. The maximum Gasteiger partial charge on any atom is 0.219 e. The van der Waals surface area contributed by atoms with E-state index in [-0.39, 0.29) is 22.5 Å². The summed E-state index contributed by atoms with van der Waals surface area (Å²) in [6, 6.07) is 5.26. The highest BCUT2D eigenvalue weighted by Crippen LogP contribution is 2.12. The van der Waals surface area contributed by atoms with Crippen LogP contribution in [0.4, 0.5) is 4.39 Å². The summed E-state index contributed by atoms with van der Waals surface area (Å²) in [6.45, 7) is 1.42. The number of ketones is 1. The van der Waals surface area contributed by atoms with Gasteiger partial charge >= 0.3 is 0 Å². The summed E-state index contributed by atoms with van der Waals surface area (Å²) in [5.41, 5.74) is 0.414. The molecule has 0 aliphatic heterocycles. The first-order chi connectivity index (χ1) is 6.59. The second-order valence-corrected chi connectivity index (χ2v) is 3.73. The van der Waals surface area contributed by atoms with E-state index in [9.17, 15) is 14.0 Å². The lowest BCUT2D eigenvalue weighted by Crippen LogP contribution is -2.00. The number of rotatable bonds is 3. The molecule has 0 amide bonds. The standard InChI is InChI=1S/C10H9FO2S/c1-7(12)6-14-10(13)8-2-4-9(11)5-3-8/h2-5H,6H2,1H3. The molecule has 0 N–H and O–H groups in total. The van der Waals surface area contributed by atoms with Crippen LogP contribution in [-0.4, -0.2) is 16.7 Å². The Bertz CT molecular complexity index is 346. The van der Waals surface area contributed by atoms with Crippen LogP contribution in [0.5, 0.6) is 0 Å². The fourth-order valence-electron chi connectivity index (χ4n) is 0.836. The summed E-state index contributed by atoms with van der Waals surface area (Å²) in [4.78, 5) is 21.9. The third-order valence-electron chi connectivity index (χ3n) is 1.49. The van der Waals surface area contributed by atoms with E-state index in [4.69, 9.17) is 0 Å². The fourth-order valence-corrected chi connectivity index (χ4v) is 1.47. The lowest BCUT2D eigenvalue weighted by atomic mass is 10.2. The first-order valence-electron chi connectivity index (χ1n) is 4.01. The minimum Gasteiger partial charge on any atom is -0.299 e. The molecule has 0 aromatic heterocycles. The van der Waals surface area contributed by atoms with Crippen molar-refractivity contribution in [2.45, 2.75) is 6.92 Å². The first-order valence-corrected chi connectivity index (χ1v) is 5.00. The Morgan fingerprint density at radius 1 is 1.29 bits per heavy atom. The van der Waals surface area contributed by atoms with Gasteiger partial charge in [-0.25, -0.2) is 4.39 Å². The summed E-state index contributed by atoms with van der Waals surface area (Å²) >= 11 is 0.933. The van der Waals surface area contributed by atoms with Crippen LogP contribution < -0.4 is 0 Å². The largest absolute Gasteiger partial charge is 0.299 e. The molecule has 0 saturated heterocycles. The highest BCUT2D eigenvalue weighted by Gasteiger charge is 2.07. The van der Waals surface area contributed by atoms with Crippen molar-refractivity contribution in [3.63, 3.8) is 0 Å². The Labute approximate surface area is 85.5 Å². The number of carbonyl (C=O) groups is 2. The van der Waals surface area contributed by atoms with Gasteiger partial charge in [0.25, 0.3) is 0 Å². The SMILES string of the molecule is CC(=O)CSC(=O)c1ccc(F)cc1. The van der Waals surface area contributed by atoms with Gasteiger partial charge < -0.3 is 0 Å². The molecular weight excluding hydrogens is 203 g/mol. The monoisotopic (exact) mass is 212 g/mol. The van der Waals surface area contributed by atoms with Crippen LogP contribution in [0.25, 0.3) is 0 Å². The maximum absolute atomic E-state index is 12.5. The zero-order valence-corrected chi connectivity index (χ0v) is 8.44. The smallest absolute Gasteiger partial charge is 0.219 e. The predicted octanol–water partition coefficient (Wildman–Crippen LogP) is 2.29. The summed E-state index contributed by atoms with van der Waals surface area (Å²) < 4.78 is 12.5. The minimum atomic E-state index is -0.377. The van der Waals surface area contributed by atoms with Crippen molar-refractivity contribution in [1.29, 1.82) is 0 Å². The molecule has 74 valence electrons. The van der Waals surface area contributed by atoms with Gasteiger partial charge in [0.05, 0.1) is 5.75 Å². The topological polar surface area (TPSA) is 34.1 Å². The van der Waals surface area contributed by atoms with E-state index >= 15 is 0 Å². The molecule has 0 radical (unpaired) electrons. The van der Waals surface area contributed by atoms with Crippen LogP contribution >= 0.6 is 11.8 Å². The molecule has 0 unspecified atom stereocenters. The zero-order chi connectivity index (χ0) is 10.6. The molecule has 0 atom stereocenters. The maximum atomic E-state index is 12.5. The second kappa shape index (κ2) is 4.91. The molecule has 1 aromatic carbocycles. The van der Waals surface area contributed by atoms with Crippen LogP contribution in [0.3, 0.4) is 0 Å². The molecule has 1 rings (SSSR count). The minimum absolute atomic E-state index is 0.0505. The quantitative estimate of drug-likeness (QED) is 0.770. The molecule has 1 aromatic rings. The van der Waals surface area contributed by atoms with E-state index in [1.807, 2.05) is 0 Å². The number of benzene rings is 1. The van der Waals surface area contributed by atoms with Crippen LogP contribution in [0.2, 0.25) is 0 Å². The van der Waals surface area contributed by atoms with Crippen molar-refractivity contribution in [2.75, 3.05) is 5.75 Å². The van der Waals surface area contributed by atoms with Gasteiger partial charge in [-0.15, -0.1) is 0 Å². The Morgan fingerprint density at radius 3 is 2.36 bits per heavy atom. The Balaban J connectivity index is 2.61. The molecule has 0 aliphatic rings. The van der Waals surface area contributed by atoms with Gasteiger partial charge in [-0.05, 0) is 31.2 Å². The third-order valence-corrected chi connectivity index (χ3v) is 2.54. The number of Topliss-reactive ketones (excluding diaryl/α,β-unsaturated/α-hetero) is 1. The number of halogens is 1. The molecule has 0 bridgehead atoms. The molecule has 0 saturated carbocycles. The molecule has 0 fully saturated rings. The van der Waals surface area contributed by atoms with Crippen LogP contribution in [0, 0.1) is 5.82 Å². The number of carbonyl (C=O) groups excluding carboxylic acids is 2. The molecule has 0 spiro atoms. The van der Waals surface area contributed by atoms with Crippen LogP contribution in [-0.2, 0) is 4.79 Å². The fraction of sp³-hybridized carbons (Fsp3) is 0.200. The van der Waals surface area contributed by atoms with Gasteiger partial charge in [0.2, 0.25) is 5.12 Å². The Kier molecular flexibility index (Phi) is 3.83. The van der Waals surface area contributed by atoms with Gasteiger partial charge in [0.15, 0.2) is 0 Å². The summed E-state index contributed by atoms with van der Waals surface area (Å²) in [5.74, 6) is -0.264. The van der Waals surface area contributed by atoms with Gasteiger partial charge in [-0.3, -0.25) is 9.59 Å². The highest BCUT2D eigenvalue weighted by molar-refractivity contribution is 8.14. The van der Waals surface area contributed by atoms with Gasteiger partial charge in [0, 0.05) is 5.56 Å². The van der Waals surface area contributed by atoms with Crippen molar-refractivity contribution in [3.05, 3.63) is 35.6 Å². The zero-order valence-electron chi connectivity index (χ0n) is 7.62. The molecule has 14 heavy (non-hydrogen) atoms. The Hall–Kier alpha value is -1.16. The van der Waals surface area contributed by atoms with E-state index in [0.717, 1.165) is 11.8 Å². The van der Waals surface area contributed by atoms with Crippen molar-refractivity contribution >= 4 is 22.7 Å². The summed E-state index contributed by atoms with van der Waals surface area (Å²) in [6.07, 6.45) is 0. The van der Waals surface area contributed by atoms with E-state index in [2.05, 4.69) is 0 Å². The molecule has 0 aliphatic carbocycles. The first kappa shape index (κ1) is 10.9. The van der Waals surface area contributed by atoms with Crippen molar-refractivity contribution in [2.24, 2.45) is 0 Å². The summed E-state index contributed by atoms with van der Waals surface area (Å²) in [5, 5.41) is -0.208. The second-order valence-electron chi connectivity index (χ2n) is 2.79. The third kappa shape index (κ3) is 3.30. The van der Waals surface area contributed by atoms with E-state index in [1.165, 1.54) is 31.2 Å². The predicted molar refractivity (Wildman–Crippen MR) is 53.9 cm³/mol. The number of thioether (sulfide) groups is 1. The Morgan fingerprint density at radius 2 is 1.86 bits per heavy atom. The van der Waals surface area contributed by atoms with Gasteiger partial charge in [-0.1, -0.05) is 11.8 Å². The van der Waals surface area contributed by atoms with Crippen LogP contribution in [0.15, 0.2) is 24.3 Å². The number of hydrogen-bond donors (Lipinski definition) is 0. The van der Waals surface area contributed by atoms with Crippen LogP contribution in [0.1, 0.15) is 17.3 Å². The highest BCUT2D eigenvalue weighted by atomic mass is 32.2. The lowest BCUT2D eigenvalue weighted by Gasteiger charge is -1.98.